The van der Waals surface area contributed by atoms with Crippen LogP contribution in [0.1, 0.15) is 102 Å². The summed E-state index contributed by atoms with van der Waals surface area (Å²) in [6.45, 7) is 6.52. The molecule has 0 heterocycles. The number of unbranched alkanes of at least 4 members (excludes halogenated alkanes) is 1. The van der Waals surface area contributed by atoms with Gasteiger partial charge in [0.1, 0.15) is 5.60 Å². The number of carbonyl (C=O) groups is 1. The molecule has 2 saturated carbocycles. The number of ether oxygens (including phenoxy) is 2. The number of benzene rings is 1. The lowest BCUT2D eigenvalue weighted by Crippen LogP contribution is -2.38. The first kappa shape index (κ1) is 22.2. The monoisotopic (exact) mass is 400 g/mol. The molecule has 2 aliphatic carbocycles. The van der Waals surface area contributed by atoms with Gasteiger partial charge in [-0.25, -0.2) is 4.79 Å². The fourth-order valence-electron chi connectivity index (χ4n) is 5.43. The Morgan fingerprint density at radius 2 is 1.59 bits per heavy atom. The molecule has 29 heavy (non-hydrogen) atoms. The van der Waals surface area contributed by atoms with E-state index in [-0.39, 0.29) is 5.60 Å². The fourth-order valence-corrected chi connectivity index (χ4v) is 5.43. The van der Waals surface area contributed by atoms with Gasteiger partial charge in [0.05, 0.1) is 6.61 Å². The predicted octanol–water partition coefficient (Wildman–Crippen LogP) is 7.43. The van der Waals surface area contributed by atoms with Gasteiger partial charge in [-0.3, -0.25) is 0 Å². The van der Waals surface area contributed by atoms with Gasteiger partial charge < -0.3 is 9.47 Å². The van der Waals surface area contributed by atoms with Crippen LogP contribution in [0, 0.1) is 11.8 Å². The van der Waals surface area contributed by atoms with E-state index in [2.05, 4.69) is 38.1 Å². The topological polar surface area (TPSA) is 35.5 Å². The molecule has 3 nitrogen and oxygen atoms in total. The highest BCUT2D eigenvalue weighted by atomic mass is 16.7. The normalized spacial score (nSPS) is 30.0. The standard InChI is InChI=1S/C26H40O3/c1-4-6-7-20-8-10-21(11-9-20)22-12-14-23(15-13-22)24-16-18-26(3,19-17-24)29-25(27)28-5-2/h8-11,22-24H,4-7,12-19H2,1-3H3. The van der Waals surface area contributed by atoms with Crippen LogP contribution in [0.2, 0.25) is 0 Å². The Balaban J connectivity index is 1.43. The van der Waals surface area contributed by atoms with Crippen LogP contribution in [0.5, 0.6) is 0 Å². The molecular formula is C26H40O3. The van der Waals surface area contributed by atoms with E-state index in [0.717, 1.165) is 30.6 Å². The summed E-state index contributed by atoms with van der Waals surface area (Å²) in [7, 11) is 0. The van der Waals surface area contributed by atoms with E-state index in [0.29, 0.717) is 6.61 Å². The van der Waals surface area contributed by atoms with Crippen molar-refractivity contribution >= 4 is 6.16 Å². The maximum atomic E-state index is 11.7. The van der Waals surface area contributed by atoms with Crippen molar-refractivity contribution in [2.24, 2.45) is 11.8 Å². The molecule has 0 saturated heterocycles. The first-order chi connectivity index (χ1) is 14.0. The maximum Gasteiger partial charge on any atom is 0.508 e. The molecule has 1 aromatic carbocycles. The molecule has 162 valence electrons. The maximum absolute atomic E-state index is 11.7. The van der Waals surface area contributed by atoms with Crippen LogP contribution in [0.3, 0.4) is 0 Å². The molecule has 0 radical (unpaired) electrons. The van der Waals surface area contributed by atoms with Gasteiger partial charge >= 0.3 is 6.16 Å². The molecule has 0 unspecified atom stereocenters. The minimum Gasteiger partial charge on any atom is -0.435 e. The zero-order valence-electron chi connectivity index (χ0n) is 18.8. The van der Waals surface area contributed by atoms with Crippen LogP contribution < -0.4 is 0 Å². The highest BCUT2D eigenvalue weighted by molar-refractivity contribution is 5.60. The number of rotatable bonds is 7. The Kier molecular flexibility index (Phi) is 8.03. The van der Waals surface area contributed by atoms with Gasteiger partial charge in [0.2, 0.25) is 0 Å². The van der Waals surface area contributed by atoms with Crippen molar-refractivity contribution in [1.82, 2.24) is 0 Å². The average Bonchev–Trinajstić information content (AvgIpc) is 2.73. The Bertz CT molecular complexity index is 620. The van der Waals surface area contributed by atoms with Crippen LogP contribution in [-0.4, -0.2) is 18.4 Å². The summed E-state index contributed by atoms with van der Waals surface area (Å²) < 4.78 is 10.6. The summed E-state index contributed by atoms with van der Waals surface area (Å²) in [6.07, 6.45) is 12.9. The smallest absolute Gasteiger partial charge is 0.435 e. The van der Waals surface area contributed by atoms with Crippen molar-refractivity contribution in [3.63, 3.8) is 0 Å². The molecule has 0 bridgehead atoms. The van der Waals surface area contributed by atoms with E-state index in [4.69, 9.17) is 9.47 Å². The van der Waals surface area contributed by atoms with Crippen LogP contribution in [0.15, 0.2) is 24.3 Å². The van der Waals surface area contributed by atoms with Gasteiger partial charge in [-0.15, -0.1) is 0 Å². The molecule has 1 aromatic rings. The van der Waals surface area contributed by atoms with Gasteiger partial charge in [-0.05, 0) is 107 Å². The minimum atomic E-state index is -0.505. The predicted molar refractivity (Wildman–Crippen MR) is 118 cm³/mol. The Hall–Kier alpha value is -1.51. The Labute approximate surface area is 177 Å². The van der Waals surface area contributed by atoms with Crippen LogP contribution >= 0.6 is 0 Å². The first-order valence-corrected chi connectivity index (χ1v) is 12.0. The molecule has 0 spiro atoms. The van der Waals surface area contributed by atoms with Crippen molar-refractivity contribution in [3.8, 4) is 0 Å². The van der Waals surface area contributed by atoms with Crippen molar-refractivity contribution in [2.75, 3.05) is 6.61 Å². The summed E-state index contributed by atoms with van der Waals surface area (Å²) >= 11 is 0. The Morgan fingerprint density at radius 3 is 2.17 bits per heavy atom. The number of hydrogen-bond donors (Lipinski definition) is 0. The molecule has 3 heteroatoms. The van der Waals surface area contributed by atoms with Gasteiger partial charge in [0, 0.05) is 0 Å². The largest absolute Gasteiger partial charge is 0.508 e. The molecule has 0 N–H and O–H groups in total. The quantitative estimate of drug-likeness (QED) is 0.447. The van der Waals surface area contributed by atoms with E-state index >= 15 is 0 Å². The second kappa shape index (κ2) is 10.5. The summed E-state index contributed by atoms with van der Waals surface area (Å²) in [5, 5.41) is 0. The molecule has 0 aliphatic heterocycles. The third-order valence-corrected chi connectivity index (χ3v) is 7.39. The lowest BCUT2D eigenvalue weighted by atomic mass is 9.67. The summed E-state index contributed by atoms with van der Waals surface area (Å²) in [5.41, 5.74) is 2.70. The second-order valence-corrected chi connectivity index (χ2v) is 9.53. The van der Waals surface area contributed by atoms with E-state index in [1.807, 2.05) is 6.92 Å². The molecule has 3 rings (SSSR count). The lowest BCUT2D eigenvalue weighted by Gasteiger charge is -2.41. The van der Waals surface area contributed by atoms with Crippen molar-refractivity contribution in [2.45, 2.75) is 103 Å². The van der Waals surface area contributed by atoms with E-state index in [1.165, 1.54) is 63.4 Å². The van der Waals surface area contributed by atoms with Crippen LogP contribution in [0.25, 0.3) is 0 Å². The SMILES string of the molecule is CCCCc1ccc(C2CCC(C3CCC(C)(OC(=O)OCC)CC3)CC2)cc1. The fraction of sp³-hybridized carbons (Fsp3) is 0.731. The van der Waals surface area contributed by atoms with Gasteiger partial charge in [0.25, 0.3) is 0 Å². The van der Waals surface area contributed by atoms with Crippen molar-refractivity contribution in [1.29, 1.82) is 0 Å². The summed E-state index contributed by atoms with van der Waals surface area (Å²) in [5.74, 6) is 2.39. The van der Waals surface area contributed by atoms with Crippen LogP contribution in [-0.2, 0) is 15.9 Å². The van der Waals surface area contributed by atoms with Gasteiger partial charge in [-0.1, -0.05) is 37.6 Å². The van der Waals surface area contributed by atoms with Crippen molar-refractivity contribution < 1.29 is 14.3 Å². The zero-order chi connectivity index (χ0) is 20.7. The first-order valence-electron chi connectivity index (χ1n) is 12.0. The van der Waals surface area contributed by atoms with E-state index < -0.39 is 6.16 Å². The summed E-state index contributed by atoms with van der Waals surface area (Å²) in [4.78, 5) is 11.7. The van der Waals surface area contributed by atoms with E-state index in [1.54, 1.807) is 5.56 Å². The number of hydrogen-bond acceptors (Lipinski definition) is 3. The average molecular weight is 401 g/mol. The zero-order valence-corrected chi connectivity index (χ0v) is 18.8. The summed E-state index contributed by atoms with van der Waals surface area (Å²) in [6, 6.07) is 9.47. The minimum absolute atomic E-state index is 0.334. The molecule has 0 amide bonds. The molecule has 0 atom stereocenters. The Morgan fingerprint density at radius 1 is 0.966 bits per heavy atom. The van der Waals surface area contributed by atoms with E-state index in [9.17, 15) is 4.79 Å². The lowest BCUT2D eigenvalue weighted by molar-refractivity contribution is -0.0549. The molecule has 2 fully saturated rings. The van der Waals surface area contributed by atoms with Crippen LogP contribution in [0.4, 0.5) is 4.79 Å². The third kappa shape index (κ3) is 6.23. The number of aryl methyl sites for hydroxylation is 1. The van der Waals surface area contributed by atoms with Gasteiger partial charge in [-0.2, -0.15) is 0 Å². The van der Waals surface area contributed by atoms with Gasteiger partial charge in [0.15, 0.2) is 0 Å². The second-order valence-electron chi connectivity index (χ2n) is 9.53. The van der Waals surface area contributed by atoms with Crippen molar-refractivity contribution in [3.05, 3.63) is 35.4 Å². The highest BCUT2D eigenvalue weighted by Gasteiger charge is 2.38. The highest BCUT2D eigenvalue weighted by Crippen LogP contribution is 2.45. The molecule has 0 aromatic heterocycles. The third-order valence-electron chi connectivity index (χ3n) is 7.39. The molecular weight excluding hydrogens is 360 g/mol. The molecule has 2 aliphatic rings. The number of carbonyl (C=O) groups excluding carboxylic acids is 1.